The van der Waals surface area contributed by atoms with E-state index in [1.807, 2.05) is 66.7 Å². The fourth-order valence-corrected chi connectivity index (χ4v) is 3.17. The summed E-state index contributed by atoms with van der Waals surface area (Å²) in [6, 6.07) is 23.5. The molecule has 0 unspecified atom stereocenters. The molecule has 0 saturated carbocycles. The SMILES string of the molecule is COC(=O)[C@H](Cc1ccc(OCc2ccccc2)c(OC)c1)NC(=O)OCc1ccccc1. The minimum absolute atomic E-state index is 0.0990. The van der Waals surface area contributed by atoms with E-state index in [-0.39, 0.29) is 13.0 Å². The van der Waals surface area contributed by atoms with E-state index in [0.29, 0.717) is 18.1 Å². The van der Waals surface area contributed by atoms with E-state index in [2.05, 4.69) is 5.32 Å². The van der Waals surface area contributed by atoms with Gasteiger partial charge in [0.1, 0.15) is 19.3 Å². The molecule has 0 fully saturated rings. The van der Waals surface area contributed by atoms with E-state index in [9.17, 15) is 9.59 Å². The molecule has 0 spiro atoms. The quantitative estimate of drug-likeness (QED) is 0.465. The molecule has 3 rings (SSSR count). The van der Waals surface area contributed by atoms with Gasteiger partial charge in [0.25, 0.3) is 0 Å². The standard InChI is InChI=1S/C26H27NO6/c1-30-24-16-21(13-14-23(24)32-17-19-9-5-3-6-10-19)15-22(25(28)31-2)27-26(29)33-18-20-11-7-4-8-12-20/h3-14,16,22H,15,17-18H2,1-2H3,(H,27,29)/t22-/m0/s1. The molecule has 7 nitrogen and oxygen atoms in total. The number of esters is 1. The van der Waals surface area contributed by atoms with Crippen LogP contribution in [0.5, 0.6) is 11.5 Å². The number of carbonyl (C=O) groups excluding carboxylic acids is 2. The van der Waals surface area contributed by atoms with Crippen LogP contribution in [0.4, 0.5) is 4.79 Å². The molecule has 0 aliphatic heterocycles. The predicted molar refractivity (Wildman–Crippen MR) is 123 cm³/mol. The summed E-state index contributed by atoms with van der Waals surface area (Å²) < 4.78 is 21.4. The first-order chi connectivity index (χ1) is 16.1. The van der Waals surface area contributed by atoms with Crippen LogP contribution in [-0.4, -0.2) is 32.3 Å². The van der Waals surface area contributed by atoms with Gasteiger partial charge in [-0.05, 0) is 28.8 Å². The Kier molecular flexibility index (Phi) is 8.71. The minimum Gasteiger partial charge on any atom is -0.493 e. The van der Waals surface area contributed by atoms with Crippen molar-refractivity contribution < 1.29 is 28.5 Å². The molecule has 33 heavy (non-hydrogen) atoms. The highest BCUT2D eigenvalue weighted by atomic mass is 16.6. The normalized spacial score (nSPS) is 11.2. The molecule has 0 radical (unpaired) electrons. The maximum Gasteiger partial charge on any atom is 0.408 e. The molecule has 1 amide bonds. The third kappa shape index (κ3) is 7.28. The lowest BCUT2D eigenvalue weighted by Crippen LogP contribution is -2.43. The molecule has 1 N–H and O–H groups in total. The summed E-state index contributed by atoms with van der Waals surface area (Å²) in [7, 11) is 2.82. The van der Waals surface area contributed by atoms with Crippen molar-refractivity contribution >= 4 is 12.1 Å². The predicted octanol–water partition coefficient (Wildman–Crippen LogP) is 4.28. The van der Waals surface area contributed by atoms with Crippen molar-refractivity contribution in [3.8, 4) is 11.5 Å². The Balaban J connectivity index is 1.62. The number of benzene rings is 3. The Morgan fingerprint density at radius 2 is 1.42 bits per heavy atom. The van der Waals surface area contributed by atoms with Gasteiger partial charge in [-0.15, -0.1) is 0 Å². The lowest BCUT2D eigenvalue weighted by atomic mass is 10.1. The zero-order valence-electron chi connectivity index (χ0n) is 18.7. The van der Waals surface area contributed by atoms with Crippen molar-refractivity contribution in [1.29, 1.82) is 0 Å². The molecule has 0 saturated heterocycles. The first-order valence-electron chi connectivity index (χ1n) is 10.5. The Morgan fingerprint density at radius 1 is 0.788 bits per heavy atom. The van der Waals surface area contributed by atoms with Gasteiger partial charge in [0, 0.05) is 6.42 Å². The van der Waals surface area contributed by atoms with Gasteiger partial charge in [0.05, 0.1) is 14.2 Å². The van der Waals surface area contributed by atoms with Crippen molar-refractivity contribution in [2.75, 3.05) is 14.2 Å². The second-order valence-electron chi connectivity index (χ2n) is 7.25. The van der Waals surface area contributed by atoms with E-state index in [1.165, 1.54) is 7.11 Å². The summed E-state index contributed by atoms with van der Waals surface area (Å²) in [5.41, 5.74) is 2.64. The van der Waals surface area contributed by atoms with Gasteiger partial charge in [-0.1, -0.05) is 66.7 Å². The molecular weight excluding hydrogens is 422 g/mol. The van der Waals surface area contributed by atoms with E-state index in [0.717, 1.165) is 16.7 Å². The number of amides is 1. The van der Waals surface area contributed by atoms with Crippen molar-refractivity contribution in [3.63, 3.8) is 0 Å². The molecule has 1 atom stereocenters. The van der Waals surface area contributed by atoms with Gasteiger partial charge in [-0.3, -0.25) is 0 Å². The van der Waals surface area contributed by atoms with Crippen LogP contribution in [0, 0.1) is 0 Å². The number of nitrogens with one attached hydrogen (secondary N) is 1. The van der Waals surface area contributed by atoms with Gasteiger partial charge in [-0.25, -0.2) is 9.59 Å². The first kappa shape index (κ1) is 23.7. The molecule has 172 valence electrons. The van der Waals surface area contributed by atoms with Gasteiger partial charge in [0.15, 0.2) is 11.5 Å². The summed E-state index contributed by atoms with van der Waals surface area (Å²) in [5, 5.41) is 2.58. The average molecular weight is 450 g/mol. The van der Waals surface area contributed by atoms with Crippen LogP contribution >= 0.6 is 0 Å². The number of carbonyl (C=O) groups is 2. The van der Waals surface area contributed by atoms with Gasteiger partial charge >= 0.3 is 12.1 Å². The summed E-state index contributed by atoms with van der Waals surface area (Å²) in [4.78, 5) is 24.5. The molecular formula is C26H27NO6. The molecule has 3 aromatic rings. The van der Waals surface area contributed by atoms with Crippen LogP contribution in [-0.2, 0) is 33.9 Å². The second-order valence-corrected chi connectivity index (χ2v) is 7.25. The van der Waals surface area contributed by atoms with Crippen LogP contribution in [0.1, 0.15) is 16.7 Å². The zero-order chi connectivity index (χ0) is 23.5. The molecule has 0 aliphatic carbocycles. The fraction of sp³-hybridized carbons (Fsp3) is 0.231. The number of ether oxygens (including phenoxy) is 4. The molecule has 0 aliphatic rings. The highest BCUT2D eigenvalue weighted by Crippen LogP contribution is 2.29. The van der Waals surface area contributed by atoms with E-state index < -0.39 is 18.1 Å². The fourth-order valence-electron chi connectivity index (χ4n) is 3.17. The van der Waals surface area contributed by atoms with E-state index >= 15 is 0 Å². The van der Waals surface area contributed by atoms with Crippen LogP contribution in [0.25, 0.3) is 0 Å². The summed E-state index contributed by atoms with van der Waals surface area (Å²) >= 11 is 0. The monoisotopic (exact) mass is 449 g/mol. The Bertz CT molecular complexity index is 1040. The van der Waals surface area contributed by atoms with Gasteiger partial charge in [0.2, 0.25) is 0 Å². The highest BCUT2D eigenvalue weighted by Gasteiger charge is 2.23. The number of alkyl carbamates (subject to hydrolysis) is 1. The summed E-state index contributed by atoms with van der Waals surface area (Å²) in [6.45, 7) is 0.498. The van der Waals surface area contributed by atoms with Crippen molar-refractivity contribution in [1.82, 2.24) is 5.32 Å². The lowest BCUT2D eigenvalue weighted by Gasteiger charge is -2.18. The first-order valence-corrected chi connectivity index (χ1v) is 10.5. The smallest absolute Gasteiger partial charge is 0.408 e. The topological polar surface area (TPSA) is 83.1 Å². The maximum absolute atomic E-state index is 12.3. The summed E-state index contributed by atoms with van der Waals surface area (Å²) in [5.74, 6) is 0.531. The Hall–Kier alpha value is -4.00. The maximum atomic E-state index is 12.3. The highest BCUT2D eigenvalue weighted by molar-refractivity contribution is 5.81. The largest absolute Gasteiger partial charge is 0.493 e. The summed E-state index contributed by atoms with van der Waals surface area (Å²) in [6.07, 6.45) is -0.508. The molecule has 0 bridgehead atoms. The van der Waals surface area contributed by atoms with Crippen LogP contribution in [0.3, 0.4) is 0 Å². The minimum atomic E-state index is -0.918. The third-order valence-corrected chi connectivity index (χ3v) is 4.90. The van der Waals surface area contributed by atoms with E-state index in [1.54, 1.807) is 19.2 Å². The van der Waals surface area contributed by atoms with Crippen LogP contribution < -0.4 is 14.8 Å². The molecule has 7 heteroatoms. The molecule has 3 aromatic carbocycles. The number of methoxy groups -OCH3 is 2. The van der Waals surface area contributed by atoms with Crippen molar-refractivity contribution in [2.24, 2.45) is 0 Å². The number of rotatable bonds is 10. The number of hydrogen-bond donors (Lipinski definition) is 1. The average Bonchev–Trinajstić information content (AvgIpc) is 2.87. The van der Waals surface area contributed by atoms with E-state index in [4.69, 9.17) is 18.9 Å². The van der Waals surface area contributed by atoms with Gasteiger partial charge < -0.3 is 24.3 Å². The van der Waals surface area contributed by atoms with Crippen LogP contribution in [0.2, 0.25) is 0 Å². The van der Waals surface area contributed by atoms with Crippen molar-refractivity contribution in [3.05, 3.63) is 95.6 Å². The van der Waals surface area contributed by atoms with Crippen LogP contribution in [0.15, 0.2) is 78.9 Å². The Morgan fingerprint density at radius 3 is 2.03 bits per heavy atom. The van der Waals surface area contributed by atoms with Gasteiger partial charge in [-0.2, -0.15) is 0 Å². The number of hydrogen-bond acceptors (Lipinski definition) is 6. The molecule has 0 heterocycles. The lowest BCUT2D eigenvalue weighted by molar-refractivity contribution is -0.143. The Labute approximate surface area is 193 Å². The van der Waals surface area contributed by atoms with Crippen molar-refractivity contribution in [2.45, 2.75) is 25.7 Å². The third-order valence-electron chi connectivity index (χ3n) is 4.90. The second kappa shape index (κ2) is 12.1. The molecule has 0 aromatic heterocycles. The zero-order valence-corrected chi connectivity index (χ0v) is 18.7.